The van der Waals surface area contributed by atoms with Crippen LogP contribution in [0.2, 0.25) is 0 Å². The van der Waals surface area contributed by atoms with E-state index in [4.69, 9.17) is 9.73 Å². The SMILES string of the molecule is CCNC(=NCC(OC)C(C)(C)C)NC1CCN(CC(C)C)CC1. The van der Waals surface area contributed by atoms with Crippen molar-refractivity contribution >= 4 is 5.96 Å². The predicted octanol–water partition coefficient (Wildman–Crippen LogP) is 2.72. The molecule has 0 aromatic heterocycles. The van der Waals surface area contributed by atoms with Crippen LogP contribution in [0, 0.1) is 11.3 Å². The number of aliphatic imine (C=N–C) groups is 1. The quantitative estimate of drug-likeness (QED) is 0.553. The van der Waals surface area contributed by atoms with Crippen molar-refractivity contribution < 1.29 is 4.74 Å². The number of hydrogen-bond acceptors (Lipinski definition) is 3. The van der Waals surface area contributed by atoms with E-state index in [1.54, 1.807) is 7.11 Å². The van der Waals surface area contributed by atoms with Crippen LogP contribution in [-0.4, -0.2) is 62.8 Å². The van der Waals surface area contributed by atoms with Gasteiger partial charge in [0.25, 0.3) is 0 Å². The largest absolute Gasteiger partial charge is 0.379 e. The lowest BCUT2D eigenvalue weighted by Crippen LogP contribution is -2.49. The third-order valence-electron chi connectivity index (χ3n) is 4.56. The standard InChI is InChI=1S/C19H40N4O/c1-8-20-18(21-13-17(24-7)19(4,5)6)22-16-9-11-23(12-10-16)14-15(2)3/h15-17H,8-14H2,1-7H3,(H2,20,21,22). The van der Waals surface area contributed by atoms with E-state index in [0.29, 0.717) is 12.6 Å². The zero-order chi connectivity index (χ0) is 18.2. The van der Waals surface area contributed by atoms with Gasteiger partial charge in [0.2, 0.25) is 0 Å². The van der Waals surface area contributed by atoms with Crippen molar-refractivity contribution in [3.63, 3.8) is 0 Å². The number of methoxy groups -OCH3 is 1. The summed E-state index contributed by atoms with van der Waals surface area (Å²) in [7, 11) is 1.77. The molecule has 0 aliphatic carbocycles. The normalized spacial score (nSPS) is 19.6. The maximum atomic E-state index is 5.61. The summed E-state index contributed by atoms with van der Waals surface area (Å²) in [6, 6.07) is 0.516. The topological polar surface area (TPSA) is 48.9 Å². The second-order valence-electron chi connectivity index (χ2n) is 8.42. The van der Waals surface area contributed by atoms with Gasteiger partial charge in [0.15, 0.2) is 5.96 Å². The van der Waals surface area contributed by atoms with Gasteiger partial charge in [-0.2, -0.15) is 0 Å². The van der Waals surface area contributed by atoms with E-state index in [2.05, 4.69) is 57.1 Å². The van der Waals surface area contributed by atoms with E-state index < -0.39 is 0 Å². The lowest BCUT2D eigenvalue weighted by molar-refractivity contribution is 0.0241. The van der Waals surface area contributed by atoms with Crippen LogP contribution < -0.4 is 10.6 Å². The third kappa shape index (κ3) is 7.84. The highest BCUT2D eigenvalue weighted by molar-refractivity contribution is 5.80. The van der Waals surface area contributed by atoms with Gasteiger partial charge in [-0.05, 0) is 31.1 Å². The van der Waals surface area contributed by atoms with Crippen LogP contribution in [0.1, 0.15) is 54.4 Å². The Morgan fingerprint density at radius 3 is 2.33 bits per heavy atom. The lowest BCUT2D eigenvalue weighted by Gasteiger charge is -2.34. The Labute approximate surface area is 149 Å². The van der Waals surface area contributed by atoms with Crippen molar-refractivity contribution in [1.82, 2.24) is 15.5 Å². The average molecular weight is 341 g/mol. The first-order valence-corrected chi connectivity index (χ1v) is 9.56. The summed E-state index contributed by atoms with van der Waals surface area (Å²) in [5, 5.41) is 6.99. The Morgan fingerprint density at radius 2 is 1.88 bits per heavy atom. The molecule has 5 heteroatoms. The summed E-state index contributed by atoms with van der Waals surface area (Å²) in [4.78, 5) is 7.35. The van der Waals surface area contributed by atoms with E-state index in [0.717, 1.165) is 18.4 Å². The highest BCUT2D eigenvalue weighted by Gasteiger charge is 2.25. The van der Waals surface area contributed by atoms with Crippen molar-refractivity contribution in [2.45, 2.75) is 66.5 Å². The zero-order valence-corrected chi connectivity index (χ0v) is 17.0. The molecule has 1 heterocycles. The summed E-state index contributed by atoms with van der Waals surface area (Å²) in [6.07, 6.45) is 2.50. The van der Waals surface area contributed by atoms with Crippen LogP contribution in [0.3, 0.4) is 0 Å². The maximum Gasteiger partial charge on any atom is 0.191 e. The number of ether oxygens (including phenoxy) is 1. The van der Waals surface area contributed by atoms with Crippen LogP contribution in [0.4, 0.5) is 0 Å². The number of piperidine rings is 1. The Morgan fingerprint density at radius 1 is 1.25 bits per heavy atom. The van der Waals surface area contributed by atoms with E-state index in [9.17, 15) is 0 Å². The predicted molar refractivity (Wildman–Crippen MR) is 104 cm³/mol. The van der Waals surface area contributed by atoms with Gasteiger partial charge in [-0.15, -0.1) is 0 Å². The minimum Gasteiger partial charge on any atom is -0.379 e. The average Bonchev–Trinajstić information content (AvgIpc) is 2.48. The summed E-state index contributed by atoms with van der Waals surface area (Å²) in [5.74, 6) is 1.67. The summed E-state index contributed by atoms with van der Waals surface area (Å²) < 4.78 is 5.61. The molecule has 2 N–H and O–H groups in total. The molecular formula is C19H40N4O. The van der Waals surface area contributed by atoms with Gasteiger partial charge in [0.05, 0.1) is 12.6 Å². The van der Waals surface area contributed by atoms with Crippen molar-refractivity contribution in [2.24, 2.45) is 16.3 Å². The molecule has 1 aliphatic heterocycles. The Kier molecular flexibility index (Phi) is 9.06. The molecule has 0 amide bonds. The molecular weight excluding hydrogens is 300 g/mol. The molecule has 0 aromatic rings. The number of rotatable bonds is 7. The molecule has 0 radical (unpaired) electrons. The van der Waals surface area contributed by atoms with Crippen molar-refractivity contribution in [3.05, 3.63) is 0 Å². The lowest BCUT2D eigenvalue weighted by atomic mass is 9.89. The van der Waals surface area contributed by atoms with E-state index in [-0.39, 0.29) is 11.5 Å². The van der Waals surface area contributed by atoms with Gasteiger partial charge in [0.1, 0.15) is 0 Å². The molecule has 1 atom stereocenters. The second kappa shape index (κ2) is 10.2. The van der Waals surface area contributed by atoms with Crippen LogP contribution in [0.5, 0.6) is 0 Å². The molecule has 142 valence electrons. The highest BCUT2D eigenvalue weighted by Crippen LogP contribution is 2.21. The molecule has 0 spiro atoms. The van der Waals surface area contributed by atoms with Crippen molar-refractivity contribution in [3.8, 4) is 0 Å². The zero-order valence-electron chi connectivity index (χ0n) is 17.0. The van der Waals surface area contributed by atoms with Gasteiger partial charge >= 0.3 is 0 Å². The van der Waals surface area contributed by atoms with E-state index in [1.165, 1.54) is 32.5 Å². The minimum absolute atomic E-state index is 0.0950. The third-order valence-corrected chi connectivity index (χ3v) is 4.56. The Hall–Kier alpha value is -0.810. The van der Waals surface area contributed by atoms with Gasteiger partial charge in [-0.1, -0.05) is 34.6 Å². The van der Waals surface area contributed by atoms with Crippen LogP contribution in [0.25, 0.3) is 0 Å². The van der Waals surface area contributed by atoms with Gasteiger partial charge in [-0.3, -0.25) is 4.99 Å². The number of guanidine groups is 1. The monoisotopic (exact) mass is 340 g/mol. The molecule has 24 heavy (non-hydrogen) atoms. The first-order valence-electron chi connectivity index (χ1n) is 9.56. The molecule has 1 unspecified atom stereocenters. The van der Waals surface area contributed by atoms with Crippen LogP contribution in [-0.2, 0) is 4.74 Å². The van der Waals surface area contributed by atoms with Gasteiger partial charge in [-0.25, -0.2) is 0 Å². The molecule has 0 saturated carbocycles. The first kappa shape index (κ1) is 21.2. The number of likely N-dealkylation sites (tertiary alicyclic amines) is 1. The van der Waals surface area contributed by atoms with Crippen LogP contribution >= 0.6 is 0 Å². The second-order valence-corrected chi connectivity index (χ2v) is 8.42. The summed E-state index contributed by atoms with van der Waals surface area (Å²) in [6.45, 7) is 18.4. The fraction of sp³-hybridized carbons (Fsp3) is 0.947. The molecule has 0 aromatic carbocycles. The number of nitrogens with one attached hydrogen (secondary N) is 2. The van der Waals surface area contributed by atoms with Crippen molar-refractivity contribution in [2.75, 3.05) is 39.8 Å². The number of hydrogen-bond donors (Lipinski definition) is 2. The molecule has 1 fully saturated rings. The first-order chi connectivity index (χ1) is 11.3. The van der Waals surface area contributed by atoms with Gasteiger partial charge < -0.3 is 20.3 Å². The Balaban J connectivity index is 2.53. The summed E-state index contributed by atoms with van der Waals surface area (Å²) in [5.41, 5.74) is 0.0950. The molecule has 1 rings (SSSR count). The maximum absolute atomic E-state index is 5.61. The van der Waals surface area contributed by atoms with E-state index in [1.807, 2.05) is 0 Å². The Bertz CT molecular complexity index is 368. The van der Waals surface area contributed by atoms with Gasteiger partial charge in [0, 0.05) is 39.3 Å². The van der Waals surface area contributed by atoms with Crippen molar-refractivity contribution in [1.29, 1.82) is 0 Å². The summed E-state index contributed by atoms with van der Waals surface area (Å²) >= 11 is 0. The van der Waals surface area contributed by atoms with E-state index >= 15 is 0 Å². The molecule has 5 nitrogen and oxygen atoms in total. The number of nitrogens with zero attached hydrogens (tertiary/aromatic N) is 2. The fourth-order valence-corrected chi connectivity index (χ4v) is 3.17. The molecule has 1 saturated heterocycles. The fourth-order valence-electron chi connectivity index (χ4n) is 3.17. The smallest absolute Gasteiger partial charge is 0.191 e. The molecule has 1 aliphatic rings. The van der Waals surface area contributed by atoms with Crippen LogP contribution in [0.15, 0.2) is 4.99 Å². The highest BCUT2D eigenvalue weighted by atomic mass is 16.5. The molecule has 0 bridgehead atoms. The minimum atomic E-state index is 0.0950.